The van der Waals surface area contributed by atoms with Crippen molar-refractivity contribution in [3.8, 4) is 5.75 Å². The summed E-state index contributed by atoms with van der Waals surface area (Å²) in [6, 6.07) is 9.97. The Morgan fingerprint density at radius 1 is 1.17 bits per heavy atom. The summed E-state index contributed by atoms with van der Waals surface area (Å²) < 4.78 is 5.36. The third-order valence-corrected chi connectivity index (χ3v) is 3.12. The van der Waals surface area contributed by atoms with Gasteiger partial charge in [0.1, 0.15) is 5.75 Å². The molecule has 0 aliphatic rings. The van der Waals surface area contributed by atoms with Crippen LogP contribution in [0.15, 0.2) is 42.5 Å². The number of nitro benzene ring substituents is 1. The zero-order valence-electron chi connectivity index (χ0n) is 12.6. The molecular formula is C16H13N2O6-. The van der Waals surface area contributed by atoms with Crippen LogP contribution in [0.5, 0.6) is 5.75 Å². The lowest BCUT2D eigenvalue weighted by Gasteiger charge is -2.13. The highest BCUT2D eigenvalue weighted by Gasteiger charge is 2.23. The van der Waals surface area contributed by atoms with Crippen LogP contribution in [-0.2, 0) is 0 Å². The van der Waals surface area contributed by atoms with Gasteiger partial charge in [-0.3, -0.25) is 14.9 Å². The molecule has 0 aliphatic heterocycles. The van der Waals surface area contributed by atoms with E-state index in [1.54, 1.807) is 31.2 Å². The first kappa shape index (κ1) is 16.9. The van der Waals surface area contributed by atoms with Crippen molar-refractivity contribution in [1.82, 2.24) is 0 Å². The van der Waals surface area contributed by atoms with Crippen molar-refractivity contribution in [1.29, 1.82) is 0 Å². The van der Waals surface area contributed by atoms with Crippen molar-refractivity contribution >= 4 is 23.3 Å². The Morgan fingerprint density at radius 3 is 2.50 bits per heavy atom. The summed E-state index contributed by atoms with van der Waals surface area (Å²) in [6.45, 7) is 2.14. The Morgan fingerprint density at radius 2 is 1.88 bits per heavy atom. The fourth-order valence-electron chi connectivity index (χ4n) is 2.14. The maximum atomic E-state index is 12.4. The highest BCUT2D eigenvalue weighted by Crippen LogP contribution is 2.26. The topological polar surface area (TPSA) is 122 Å². The van der Waals surface area contributed by atoms with Gasteiger partial charge < -0.3 is 20.0 Å². The van der Waals surface area contributed by atoms with Crippen LogP contribution < -0.4 is 15.2 Å². The van der Waals surface area contributed by atoms with E-state index in [4.69, 9.17) is 4.74 Å². The standard InChI is InChI=1S/C16H14N2O6/c1-2-24-13-9-4-3-7-11(13)17-15(19)10-6-5-8-12(18(22)23)14(10)16(20)21/h3-9H,2H2,1H3,(H,17,19)(H,20,21)/p-1. The number of nitrogens with one attached hydrogen (secondary N) is 1. The van der Waals surface area contributed by atoms with Crippen LogP contribution in [0.2, 0.25) is 0 Å². The predicted molar refractivity (Wildman–Crippen MR) is 83.0 cm³/mol. The number of benzene rings is 2. The molecule has 0 aliphatic carbocycles. The molecule has 2 aromatic rings. The molecule has 0 fully saturated rings. The van der Waals surface area contributed by atoms with E-state index in [2.05, 4.69) is 5.32 Å². The van der Waals surface area contributed by atoms with E-state index in [9.17, 15) is 24.8 Å². The zero-order chi connectivity index (χ0) is 17.7. The SMILES string of the molecule is CCOc1ccccc1NC(=O)c1cccc([N+](=O)[O-])c1C(=O)[O-]. The number of carboxylic acids is 1. The molecule has 2 aromatic carbocycles. The predicted octanol–water partition coefficient (Wildman–Crippen LogP) is 1.61. The van der Waals surface area contributed by atoms with Gasteiger partial charge in [-0.25, -0.2) is 0 Å². The Kier molecular flexibility index (Phi) is 5.10. The zero-order valence-corrected chi connectivity index (χ0v) is 12.6. The third kappa shape index (κ3) is 3.49. The highest BCUT2D eigenvalue weighted by molar-refractivity contribution is 6.12. The molecule has 0 bridgehead atoms. The molecule has 0 spiro atoms. The molecule has 0 heterocycles. The number of amides is 1. The Balaban J connectivity index is 2.43. The van der Waals surface area contributed by atoms with Crippen molar-refractivity contribution in [3.63, 3.8) is 0 Å². The van der Waals surface area contributed by atoms with Gasteiger partial charge in [-0.2, -0.15) is 0 Å². The van der Waals surface area contributed by atoms with E-state index in [0.29, 0.717) is 18.0 Å². The first-order valence-electron chi connectivity index (χ1n) is 6.97. The molecule has 0 unspecified atom stereocenters. The van der Waals surface area contributed by atoms with Crippen LogP contribution in [0.25, 0.3) is 0 Å². The number of nitrogens with zero attached hydrogens (tertiary/aromatic N) is 1. The van der Waals surface area contributed by atoms with E-state index >= 15 is 0 Å². The average molecular weight is 329 g/mol. The lowest BCUT2D eigenvalue weighted by molar-refractivity contribution is -0.385. The Labute approximate surface area is 136 Å². The van der Waals surface area contributed by atoms with E-state index in [-0.39, 0.29) is 5.56 Å². The van der Waals surface area contributed by atoms with E-state index in [0.717, 1.165) is 6.07 Å². The van der Waals surface area contributed by atoms with Gasteiger partial charge in [-0.05, 0) is 25.1 Å². The second kappa shape index (κ2) is 7.23. The quantitative estimate of drug-likeness (QED) is 0.634. The summed E-state index contributed by atoms with van der Waals surface area (Å²) in [4.78, 5) is 33.7. The number of hydrogen-bond acceptors (Lipinski definition) is 6. The smallest absolute Gasteiger partial charge is 0.279 e. The van der Waals surface area contributed by atoms with E-state index < -0.39 is 28.1 Å². The van der Waals surface area contributed by atoms with Gasteiger partial charge in [0.2, 0.25) is 0 Å². The molecule has 0 radical (unpaired) electrons. The number of carbonyl (C=O) groups is 2. The molecular weight excluding hydrogens is 316 g/mol. The lowest BCUT2D eigenvalue weighted by atomic mass is 10.0. The van der Waals surface area contributed by atoms with Gasteiger partial charge in [0.15, 0.2) is 0 Å². The fraction of sp³-hybridized carbons (Fsp3) is 0.125. The van der Waals surface area contributed by atoms with Crippen LogP contribution in [0.3, 0.4) is 0 Å². The average Bonchev–Trinajstić information content (AvgIpc) is 2.56. The molecule has 0 atom stereocenters. The molecule has 8 nitrogen and oxygen atoms in total. The largest absolute Gasteiger partial charge is 0.545 e. The second-order valence-corrected chi connectivity index (χ2v) is 4.63. The maximum Gasteiger partial charge on any atom is 0.279 e. The van der Waals surface area contributed by atoms with Gasteiger partial charge in [0.05, 0.1) is 34.3 Å². The van der Waals surface area contributed by atoms with Crippen LogP contribution in [-0.4, -0.2) is 23.4 Å². The van der Waals surface area contributed by atoms with Gasteiger partial charge in [-0.15, -0.1) is 0 Å². The number of hydrogen-bond donors (Lipinski definition) is 1. The number of ether oxygens (including phenoxy) is 1. The molecule has 0 aromatic heterocycles. The number of carboxylic acid groups (broad SMARTS) is 1. The highest BCUT2D eigenvalue weighted by atomic mass is 16.6. The Bertz CT molecular complexity index is 803. The first-order valence-corrected chi connectivity index (χ1v) is 6.97. The molecule has 1 amide bonds. The minimum Gasteiger partial charge on any atom is -0.545 e. The lowest BCUT2D eigenvalue weighted by Crippen LogP contribution is -2.27. The van der Waals surface area contributed by atoms with Crippen LogP contribution in [0, 0.1) is 10.1 Å². The number of anilines is 1. The molecule has 0 saturated heterocycles. The Hall–Kier alpha value is -3.42. The monoisotopic (exact) mass is 329 g/mol. The summed E-state index contributed by atoms with van der Waals surface area (Å²) in [7, 11) is 0. The first-order chi connectivity index (χ1) is 11.5. The normalized spacial score (nSPS) is 10.0. The van der Waals surface area contributed by atoms with Crippen LogP contribution >= 0.6 is 0 Å². The van der Waals surface area contributed by atoms with Crippen molar-refractivity contribution in [3.05, 3.63) is 63.7 Å². The van der Waals surface area contributed by atoms with Gasteiger partial charge >= 0.3 is 0 Å². The number of nitro groups is 1. The van der Waals surface area contributed by atoms with Gasteiger partial charge in [0.25, 0.3) is 11.6 Å². The van der Waals surface area contributed by atoms with Crippen LogP contribution in [0.1, 0.15) is 27.6 Å². The summed E-state index contributed by atoms with van der Waals surface area (Å²) >= 11 is 0. The minimum absolute atomic E-state index is 0.320. The van der Waals surface area contributed by atoms with Gasteiger partial charge in [0, 0.05) is 6.07 Å². The molecule has 1 N–H and O–H groups in total. The van der Waals surface area contributed by atoms with Gasteiger partial charge in [-0.1, -0.05) is 18.2 Å². The molecule has 2 rings (SSSR count). The summed E-state index contributed by atoms with van der Waals surface area (Å²) in [5.41, 5.74) is -1.52. The number of rotatable bonds is 6. The second-order valence-electron chi connectivity index (χ2n) is 4.63. The summed E-state index contributed by atoms with van der Waals surface area (Å²) in [6.07, 6.45) is 0. The number of aromatic carboxylic acids is 1. The summed E-state index contributed by atoms with van der Waals surface area (Å²) in [5.74, 6) is -2.22. The fourth-order valence-corrected chi connectivity index (χ4v) is 2.14. The molecule has 124 valence electrons. The molecule has 0 saturated carbocycles. The van der Waals surface area contributed by atoms with Crippen molar-refractivity contribution < 1.29 is 24.4 Å². The van der Waals surface area contributed by atoms with Crippen molar-refractivity contribution in [2.24, 2.45) is 0 Å². The molecule has 24 heavy (non-hydrogen) atoms. The third-order valence-electron chi connectivity index (χ3n) is 3.12. The number of carbonyl (C=O) groups excluding carboxylic acids is 2. The number of para-hydroxylation sites is 2. The van der Waals surface area contributed by atoms with Crippen molar-refractivity contribution in [2.75, 3.05) is 11.9 Å². The van der Waals surface area contributed by atoms with Crippen LogP contribution in [0.4, 0.5) is 11.4 Å². The van der Waals surface area contributed by atoms with E-state index in [1.807, 2.05) is 0 Å². The summed E-state index contributed by atoms with van der Waals surface area (Å²) in [5, 5.41) is 24.7. The molecule has 8 heteroatoms. The van der Waals surface area contributed by atoms with E-state index in [1.165, 1.54) is 12.1 Å². The maximum absolute atomic E-state index is 12.4. The van der Waals surface area contributed by atoms with Crippen molar-refractivity contribution in [2.45, 2.75) is 6.92 Å². The minimum atomic E-state index is -1.80.